The Hall–Kier alpha value is -3.11. The molecule has 1 aliphatic rings. The van der Waals surface area contributed by atoms with Crippen LogP contribution in [0.25, 0.3) is 10.9 Å². The number of benzene rings is 1. The number of hydrogen-bond donors (Lipinski definition) is 2. The fourth-order valence-electron chi connectivity index (χ4n) is 3.75. The minimum absolute atomic E-state index is 0.0194. The van der Waals surface area contributed by atoms with Crippen molar-refractivity contribution in [3.8, 4) is 5.75 Å². The van der Waals surface area contributed by atoms with E-state index in [1.807, 2.05) is 19.1 Å². The van der Waals surface area contributed by atoms with E-state index in [4.69, 9.17) is 4.74 Å². The number of amidine groups is 1. The minimum Gasteiger partial charge on any atom is -0.468 e. The van der Waals surface area contributed by atoms with Crippen LogP contribution in [0.2, 0.25) is 0 Å². The molecule has 0 aliphatic carbocycles. The number of nitrogens with zero attached hydrogens (tertiary/aromatic N) is 5. The summed E-state index contributed by atoms with van der Waals surface area (Å²) in [6, 6.07) is 5.21. The van der Waals surface area contributed by atoms with Crippen molar-refractivity contribution in [2.75, 3.05) is 45.8 Å². The first-order valence-corrected chi connectivity index (χ1v) is 12.9. The van der Waals surface area contributed by atoms with Crippen molar-refractivity contribution in [3.63, 3.8) is 0 Å². The third kappa shape index (κ3) is 7.44. The number of aromatic nitrogens is 1. The molecule has 1 aromatic heterocycles. The van der Waals surface area contributed by atoms with Gasteiger partial charge < -0.3 is 24.8 Å². The molecule has 0 radical (unpaired) electrons. The number of allylic oxidation sites excluding steroid dienone is 1. The van der Waals surface area contributed by atoms with E-state index in [-0.39, 0.29) is 18.3 Å². The van der Waals surface area contributed by atoms with Crippen molar-refractivity contribution < 1.29 is 9.13 Å². The van der Waals surface area contributed by atoms with E-state index in [1.165, 1.54) is 0 Å². The molecule has 0 amide bonds. The van der Waals surface area contributed by atoms with E-state index in [2.05, 4.69) is 69.4 Å². The zero-order chi connectivity index (χ0) is 26.1. The Morgan fingerprint density at radius 1 is 1.28 bits per heavy atom. The lowest BCUT2D eigenvalue weighted by atomic mass is 10.2. The molecule has 36 heavy (non-hydrogen) atoms. The number of likely N-dealkylation sites (N-methyl/N-ethyl adjacent to an activating group) is 1. The van der Waals surface area contributed by atoms with Crippen molar-refractivity contribution >= 4 is 41.9 Å². The van der Waals surface area contributed by atoms with Gasteiger partial charge in [0, 0.05) is 60.0 Å². The molecule has 0 atom stereocenters. The molecule has 8 nitrogen and oxygen atoms in total. The number of piperazine rings is 1. The highest BCUT2D eigenvalue weighted by Gasteiger charge is 2.17. The van der Waals surface area contributed by atoms with Crippen LogP contribution < -0.4 is 10.1 Å². The van der Waals surface area contributed by atoms with Crippen molar-refractivity contribution in [2.24, 2.45) is 20.9 Å². The van der Waals surface area contributed by atoms with Gasteiger partial charge in [0.15, 0.2) is 18.3 Å². The molecule has 0 unspecified atom stereocenters. The van der Waals surface area contributed by atoms with E-state index in [1.54, 1.807) is 30.1 Å². The van der Waals surface area contributed by atoms with Gasteiger partial charge in [-0.2, -0.15) is 0 Å². The first-order valence-electron chi connectivity index (χ1n) is 11.9. The molecule has 2 N–H and O–H groups in total. The Balaban J connectivity index is 1.74. The highest BCUT2D eigenvalue weighted by molar-refractivity contribution is 8.03. The van der Waals surface area contributed by atoms with Crippen LogP contribution in [0, 0.1) is 18.7 Å². The Bertz CT molecular complexity index is 1150. The van der Waals surface area contributed by atoms with Crippen LogP contribution in [0.1, 0.15) is 19.5 Å². The second kappa shape index (κ2) is 13.3. The number of fused-ring (bicyclic) bond motifs is 1. The monoisotopic (exact) mass is 513 g/mol. The Labute approximate surface area is 217 Å². The molecule has 1 aromatic carbocycles. The lowest BCUT2D eigenvalue weighted by molar-refractivity contribution is 0.214. The Kier molecular flexibility index (Phi) is 10.1. The normalized spacial score (nSPS) is 16.1. The summed E-state index contributed by atoms with van der Waals surface area (Å²) >= 11 is 1.64. The molecule has 1 fully saturated rings. The first kappa shape index (κ1) is 27.5. The minimum atomic E-state index is -0.390. The number of nitrogens with one attached hydrogen (secondary N) is 2. The Morgan fingerprint density at radius 2 is 2.03 bits per heavy atom. The predicted molar refractivity (Wildman–Crippen MR) is 151 cm³/mol. The SMILES string of the molecule is C=N/C=C(\SCN/C(=C/C(=N\COc1ccc2[nH]c(C)cc2c1F)N1CCN(C)CC1)N=C)C(C)C. The maximum absolute atomic E-state index is 14.9. The summed E-state index contributed by atoms with van der Waals surface area (Å²) in [4.78, 5) is 21.4. The summed E-state index contributed by atoms with van der Waals surface area (Å²) in [5.74, 6) is 2.05. The molecule has 194 valence electrons. The number of halogens is 1. The number of hydrogen-bond acceptors (Lipinski definition) is 7. The lowest BCUT2D eigenvalue weighted by Gasteiger charge is -2.33. The molecule has 1 aliphatic heterocycles. The van der Waals surface area contributed by atoms with Gasteiger partial charge in [-0.25, -0.2) is 14.4 Å². The standard InChI is InChI=1S/C26H36FN7OS/c1-18(2)23(15-28-4)36-17-31-24(29-5)14-25(34-11-9-33(6)10-12-34)30-16-35-22-8-7-21-20(26(22)27)13-19(3)32-21/h7-8,13-15,18,31-32H,4-5,9-12,16-17H2,1-3,6H3/b23-15-,24-14+,30-25+. The molecule has 0 saturated carbocycles. The molecule has 0 spiro atoms. The third-order valence-corrected chi connectivity index (χ3v) is 7.03. The third-order valence-electron chi connectivity index (χ3n) is 5.83. The number of ether oxygens (including phenoxy) is 1. The van der Waals surface area contributed by atoms with Gasteiger partial charge in [0.05, 0.1) is 5.88 Å². The van der Waals surface area contributed by atoms with Gasteiger partial charge in [0.2, 0.25) is 0 Å². The van der Waals surface area contributed by atoms with Gasteiger partial charge in [-0.1, -0.05) is 13.8 Å². The van der Waals surface area contributed by atoms with E-state index < -0.39 is 0 Å². The fraction of sp³-hybridized carbons (Fsp3) is 0.423. The summed E-state index contributed by atoms with van der Waals surface area (Å²) in [7, 11) is 2.10. The summed E-state index contributed by atoms with van der Waals surface area (Å²) in [5.41, 5.74) is 1.64. The number of aromatic amines is 1. The molecular formula is C26H36FN7OS. The average Bonchev–Trinajstić information content (AvgIpc) is 3.24. The number of aliphatic imine (C=N–C) groups is 3. The molecule has 2 aromatic rings. The van der Waals surface area contributed by atoms with Crippen LogP contribution >= 0.6 is 11.8 Å². The second-order valence-electron chi connectivity index (χ2n) is 8.89. The summed E-state index contributed by atoms with van der Waals surface area (Å²) in [5, 5.41) is 3.81. The number of H-pyrrole nitrogens is 1. The topological polar surface area (TPSA) is 80.6 Å². The van der Waals surface area contributed by atoms with E-state index in [9.17, 15) is 4.39 Å². The van der Waals surface area contributed by atoms with Crippen LogP contribution in [-0.2, 0) is 0 Å². The largest absolute Gasteiger partial charge is 0.468 e. The van der Waals surface area contributed by atoms with Crippen LogP contribution in [0.3, 0.4) is 0 Å². The van der Waals surface area contributed by atoms with E-state index in [0.717, 1.165) is 42.3 Å². The van der Waals surface area contributed by atoms with Crippen molar-refractivity contribution in [1.29, 1.82) is 0 Å². The first-order chi connectivity index (χ1) is 17.3. The maximum Gasteiger partial charge on any atom is 0.181 e. The van der Waals surface area contributed by atoms with Crippen molar-refractivity contribution in [1.82, 2.24) is 20.1 Å². The number of aryl methyl sites for hydroxylation is 1. The van der Waals surface area contributed by atoms with Gasteiger partial charge in [-0.15, -0.1) is 11.8 Å². The molecule has 2 heterocycles. The van der Waals surface area contributed by atoms with Crippen LogP contribution in [0.15, 0.2) is 56.2 Å². The molecule has 0 bridgehead atoms. The van der Waals surface area contributed by atoms with Gasteiger partial charge >= 0.3 is 0 Å². The van der Waals surface area contributed by atoms with Gasteiger partial charge in [0.1, 0.15) is 11.7 Å². The van der Waals surface area contributed by atoms with Gasteiger partial charge in [-0.05, 0) is 51.5 Å². The molecule has 3 rings (SSSR count). The average molecular weight is 514 g/mol. The fourth-order valence-corrected chi connectivity index (χ4v) is 4.62. The van der Waals surface area contributed by atoms with E-state index >= 15 is 0 Å². The van der Waals surface area contributed by atoms with E-state index in [0.29, 0.717) is 28.8 Å². The predicted octanol–water partition coefficient (Wildman–Crippen LogP) is 4.62. The zero-order valence-electron chi connectivity index (χ0n) is 21.6. The highest BCUT2D eigenvalue weighted by atomic mass is 32.2. The van der Waals surface area contributed by atoms with Crippen LogP contribution in [0.5, 0.6) is 5.75 Å². The number of thioether (sulfide) groups is 1. The molecule has 1 saturated heterocycles. The van der Waals surface area contributed by atoms with Crippen LogP contribution in [0.4, 0.5) is 4.39 Å². The van der Waals surface area contributed by atoms with Crippen molar-refractivity contribution in [2.45, 2.75) is 20.8 Å². The summed E-state index contributed by atoms with van der Waals surface area (Å²) in [6.45, 7) is 16.8. The maximum atomic E-state index is 14.9. The second-order valence-corrected chi connectivity index (χ2v) is 9.94. The smallest absolute Gasteiger partial charge is 0.181 e. The zero-order valence-corrected chi connectivity index (χ0v) is 22.4. The molecule has 10 heteroatoms. The highest BCUT2D eigenvalue weighted by Crippen LogP contribution is 2.27. The van der Waals surface area contributed by atoms with Crippen LogP contribution in [-0.4, -0.2) is 79.9 Å². The quantitative estimate of drug-likeness (QED) is 0.260. The molecular weight excluding hydrogens is 477 g/mol. The van der Waals surface area contributed by atoms with Gasteiger partial charge in [0.25, 0.3) is 0 Å². The van der Waals surface area contributed by atoms with Crippen molar-refractivity contribution in [3.05, 3.63) is 52.7 Å². The lowest BCUT2D eigenvalue weighted by Crippen LogP contribution is -2.47. The Morgan fingerprint density at radius 3 is 2.69 bits per heavy atom. The summed E-state index contributed by atoms with van der Waals surface area (Å²) in [6.07, 6.45) is 3.64. The number of rotatable bonds is 11. The van der Waals surface area contributed by atoms with Gasteiger partial charge in [-0.3, -0.25) is 4.99 Å². The summed E-state index contributed by atoms with van der Waals surface area (Å²) < 4.78 is 20.7.